The molecule has 1 aliphatic heterocycles. The van der Waals surface area contributed by atoms with Crippen LogP contribution in [-0.2, 0) is 11.2 Å². The molecule has 1 atom stereocenters. The van der Waals surface area contributed by atoms with E-state index in [1.807, 2.05) is 36.1 Å². The van der Waals surface area contributed by atoms with Gasteiger partial charge in [-0.05, 0) is 31.9 Å². The van der Waals surface area contributed by atoms with Gasteiger partial charge in [-0.1, -0.05) is 23.8 Å². The minimum absolute atomic E-state index is 0.107. The Morgan fingerprint density at radius 2 is 2.24 bits per heavy atom. The highest BCUT2D eigenvalue weighted by Crippen LogP contribution is 2.20. The molecule has 1 heterocycles. The molecule has 0 aliphatic carbocycles. The van der Waals surface area contributed by atoms with Crippen LogP contribution in [0.5, 0.6) is 5.75 Å². The first-order valence-corrected chi connectivity index (χ1v) is 7.41. The Morgan fingerprint density at radius 1 is 1.48 bits per heavy atom. The van der Waals surface area contributed by atoms with Crippen LogP contribution in [0.25, 0.3) is 0 Å². The normalized spacial score (nSPS) is 19.5. The number of amides is 1. The van der Waals surface area contributed by atoms with Crippen LogP contribution in [0.15, 0.2) is 35.9 Å². The fraction of sp³-hybridized carbons (Fsp3) is 0.471. The second kappa shape index (κ2) is 7.27. The van der Waals surface area contributed by atoms with Gasteiger partial charge >= 0.3 is 0 Å². The quantitative estimate of drug-likeness (QED) is 0.862. The lowest BCUT2D eigenvalue weighted by Gasteiger charge is -2.31. The van der Waals surface area contributed by atoms with Crippen LogP contribution in [0.3, 0.4) is 0 Å². The largest absolute Gasteiger partial charge is 0.496 e. The number of nitrogens with one attached hydrogen (secondary N) is 1. The van der Waals surface area contributed by atoms with Crippen molar-refractivity contribution in [2.24, 2.45) is 0 Å². The molecule has 0 aromatic heterocycles. The summed E-state index contributed by atoms with van der Waals surface area (Å²) in [6, 6.07) is 8.29. The monoisotopic (exact) mass is 288 g/mol. The number of rotatable bonds is 4. The summed E-state index contributed by atoms with van der Waals surface area (Å²) in [4.78, 5) is 14.2. The first-order chi connectivity index (χ1) is 10.1. The number of methoxy groups -OCH3 is 1. The van der Waals surface area contributed by atoms with E-state index in [9.17, 15) is 4.79 Å². The summed E-state index contributed by atoms with van der Waals surface area (Å²) < 4.78 is 5.35. The molecule has 0 radical (unpaired) electrons. The first-order valence-electron chi connectivity index (χ1n) is 7.41. The van der Waals surface area contributed by atoms with Crippen LogP contribution in [0.1, 0.15) is 19.4 Å². The number of nitrogens with zero attached hydrogens (tertiary/aromatic N) is 1. The predicted molar refractivity (Wildman–Crippen MR) is 84.5 cm³/mol. The average Bonchev–Trinajstić information content (AvgIpc) is 2.47. The van der Waals surface area contributed by atoms with Gasteiger partial charge in [-0.25, -0.2) is 0 Å². The zero-order chi connectivity index (χ0) is 15.2. The molecule has 1 saturated heterocycles. The van der Waals surface area contributed by atoms with E-state index >= 15 is 0 Å². The zero-order valence-electron chi connectivity index (χ0n) is 13.1. The lowest BCUT2D eigenvalue weighted by atomic mass is 10.0. The number of carbonyl (C=O) groups is 1. The Hall–Kier alpha value is -1.81. The van der Waals surface area contributed by atoms with Crippen molar-refractivity contribution >= 4 is 5.91 Å². The molecule has 4 heteroatoms. The van der Waals surface area contributed by atoms with Crippen molar-refractivity contribution in [3.8, 4) is 5.75 Å². The molecular weight excluding hydrogens is 264 g/mol. The highest BCUT2D eigenvalue weighted by molar-refractivity contribution is 5.88. The van der Waals surface area contributed by atoms with Crippen LogP contribution in [0, 0.1) is 0 Å². The predicted octanol–water partition coefficient (Wildman–Crippen LogP) is 2.00. The number of hydrogen-bond acceptors (Lipinski definition) is 3. The highest BCUT2D eigenvalue weighted by atomic mass is 16.5. The summed E-state index contributed by atoms with van der Waals surface area (Å²) in [7, 11) is 1.67. The zero-order valence-corrected chi connectivity index (χ0v) is 13.1. The molecule has 4 nitrogen and oxygen atoms in total. The van der Waals surface area contributed by atoms with Gasteiger partial charge in [0.2, 0.25) is 5.91 Å². The lowest BCUT2D eigenvalue weighted by Crippen LogP contribution is -2.51. The molecule has 0 spiro atoms. The second-order valence-corrected chi connectivity index (χ2v) is 5.62. The molecule has 1 unspecified atom stereocenters. The molecule has 114 valence electrons. The third kappa shape index (κ3) is 4.33. The van der Waals surface area contributed by atoms with Gasteiger partial charge in [0.25, 0.3) is 0 Å². The van der Waals surface area contributed by atoms with Gasteiger partial charge in [-0.3, -0.25) is 4.79 Å². The minimum atomic E-state index is 0.107. The van der Waals surface area contributed by atoms with E-state index in [0.717, 1.165) is 42.9 Å². The van der Waals surface area contributed by atoms with E-state index in [1.165, 1.54) is 0 Å². The van der Waals surface area contributed by atoms with Crippen LogP contribution in [-0.4, -0.2) is 43.6 Å². The third-order valence-corrected chi connectivity index (χ3v) is 3.71. The molecular formula is C17H24N2O2. The summed E-state index contributed by atoms with van der Waals surface area (Å²) in [6.45, 7) is 6.52. The van der Waals surface area contributed by atoms with Crippen molar-refractivity contribution in [2.45, 2.75) is 26.3 Å². The van der Waals surface area contributed by atoms with E-state index in [1.54, 1.807) is 13.2 Å². The van der Waals surface area contributed by atoms with Gasteiger partial charge in [-0.15, -0.1) is 0 Å². The number of hydrogen-bond donors (Lipinski definition) is 1. The smallest absolute Gasteiger partial charge is 0.246 e. The van der Waals surface area contributed by atoms with Crippen LogP contribution >= 0.6 is 0 Å². The number of para-hydroxylation sites is 1. The van der Waals surface area contributed by atoms with E-state index < -0.39 is 0 Å². The molecule has 21 heavy (non-hydrogen) atoms. The molecule has 2 rings (SSSR count). The summed E-state index contributed by atoms with van der Waals surface area (Å²) in [5, 5.41) is 3.34. The van der Waals surface area contributed by atoms with E-state index in [4.69, 9.17) is 4.74 Å². The van der Waals surface area contributed by atoms with Gasteiger partial charge in [0.05, 0.1) is 7.11 Å². The number of ether oxygens (including phenoxy) is 1. The van der Waals surface area contributed by atoms with Crippen LogP contribution in [0.2, 0.25) is 0 Å². The molecule has 1 N–H and O–H groups in total. The van der Waals surface area contributed by atoms with Gasteiger partial charge in [0, 0.05) is 31.8 Å². The Labute approximate surface area is 126 Å². The Bertz CT molecular complexity index is 525. The molecule has 1 aromatic carbocycles. The maximum Gasteiger partial charge on any atom is 0.246 e. The average molecular weight is 288 g/mol. The molecule has 1 aromatic rings. The van der Waals surface area contributed by atoms with Gasteiger partial charge < -0.3 is 15.0 Å². The van der Waals surface area contributed by atoms with E-state index in [0.29, 0.717) is 6.04 Å². The molecule has 1 fully saturated rings. The molecule has 0 saturated carbocycles. The molecule has 0 bridgehead atoms. The van der Waals surface area contributed by atoms with Crippen molar-refractivity contribution in [1.29, 1.82) is 0 Å². The maximum absolute atomic E-state index is 12.3. The fourth-order valence-electron chi connectivity index (χ4n) is 2.64. The van der Waals surface area contributed by atoms with Crippen LogP contribution in [0.4, 0.5) is 0 Å². The SMILES string of the molecule is COc1ccccc1C/C(C)=C/C(=O)N1CCNC(C)C1. The van der Waals surface area contributed by atoms with Gasteiger partial charge in [-0.2, -0.15) is 0 Å². The van der Waals surface area contributed by atoms with Gasteiger partial charge in [0.15, 0.2) is 0 Å². The van der Waals surface area contributed by atoms with Gasteiger partial charge in [0.1, 0.15) is 5.75 Å². The number of benzene rings is 1. The lowest BCUT2D eigenvalue weighted by molar-refractivity contribution is -0.127. The highest BCUT2D eigenvalue weighted by Gasteiger charge is 2.18. The maximum atomic E-state index is 12.3. The Morgan fingerprint density at radius 3 is 2.95 bits per heavy atom. The fourth-order valence-corrected chi connectivity index (χ4v) is 2.64. The van der Waals surface area contributed by atoms with Crippen molar-refractivity contribution < 1.29 is 9.53 Å². The van der Waals surface area contributed by atoms with E-state index in [2.05, 4.69) is 12.2 Å². The topological polar surface area (TPSA) is 41.6 Å². The Balaban J connectivity index is 2.01. The summed E-state index contributed by atoms with van der Waals surface area (Å²) >= 11 is 0. The second-order valence-electron chi connectivity index (χ2n) is 5.62. The summed E-state index contributed by atoms with van der Waals surface area (Å²) in [6.07, 6.45) is 2.49. The first kappa shape index (κ1) is 15.6. The summed E-state index contributed by atoms with van der Waals surface area (Å²) in [5.41, 5.74) is 2.16. The van der Waals surface area contributed by atoms with Crippen molar-refractivity contribution in [3.05, 3.63) is 41.5 Å². The molecule has 1 amide bonds. The van der Waals surface area contributed by atoms with E-state index in [-0.39, 0.29) is 5.91 Å². The number of carbonyl (C=O) groups excluding carboxylic acids is 1. The number of piperazine rings is 1. The summed E-state index contributed by atoms with van der Waals surface area (Å²) in [5.74, 6) is 0.976. The van der Waals surface area contributed by atoms with Crippen molar-refractivity contribution in [2.75, 3.05) is 26.7 Å². The third-order valence-electron chi connectivity index (χ3n) is 3.71. The minimum Gasteiger partial charge on any atom is -0.496 e. The standard InChI is InChI=1S/C17H24N2O2/c1-13(10-15-6-4-5-7-16(15)21-3)11-17(20)19-9-8-18-14(2)12-19/h4-7,11,14,18H,8-10,12H2,1-3H3/b13-11+. The molecule has 1 aliphatic rings. The van der Waals surface area contributed by atoms with Crippen molar-refractivity contribution in [1.82, 2.24) is 10.2 Å². The van der Waals surface area contributed by atoms with Crippen LogP contribution < -0.4 is 10.1 Å². The number of allylic oxidation sites excluding steroid dienone is 1. The Kier molecular flexibility index (Phi) is 5.39. The van der Waals surface area contributed by atoms with Crippen molar-refractivity contribution in [3.63, 3.8) is 0 Å².